The number of carbonyl (C=O) groups excluding carboxylic acids is 1. The Morgan fingerprint density at radius 3 is 2.45 bits per heavy atom. The van der Waals surface area contributed by atoms with E-state index in [1.807, 2.05) is 18.7 Å². The van der Waals surface area contributed by atoms with Gasteiger partial charge in [0.25, 0.3) is 0 Å². The maximum atomic E-state index is 12.0. The first-order valence-electron chi connectivity index (χ1n) is 10.8. The van der Waals surface area contributed by atoms with Gasteiger partial charge in [0.05, 0.1) is 25.1 Å². The average Bonchev–Trinajstić information content (AvgIpc) is 3.14. The van der Waals surface area contributed by atoms with Crippen LogP contribution in [0.3, 0.4) is 0 Å². The van der Waals surface area contributed by atoms with Crippen LogP contribution in [0.5, 0.6) is 5.75 Å². The minimum Gasteiger partial charge on any atom is -0.490 e. The maximum Gasteiger partial charge on any atom is 0.410 e. The van der Waals surface area contributed by atoms with Crippen molar-refractivity contribution in [3.8, 4) is 5.75 Å². The summed E-state index contributed by atoms with van der Waals surface area (Å²) in [6.45, 7) is 9.95. The molecule has 0 radical (unpaired) electrons. The standard InChI is InChI=1S/C21H35N5O3/c1-15(2)29-21(27)25-8-4-17(5-9-25)16(3)7-11-28-19-12-23-20(24-13-19)26-10-6-18(22)14-26/h12-13,15-18H,4-11,14,22H2,1-3H3/t16-,18-/m1/s1. The molecule has 1 aromatic rings. The Hall–Kier alpha value is -2.09. The lowest BCUT2D eigenvalue weighted by Gasteiger charge is -2.34. The van der Waals surface area contributed by atoms with E-state index in [4.69, 9.17) is 15.2 Å². The Morgan fingerprint density at radius 1 is 1.17 bits per heavy atom. The van der Waals surface area contributed by atoms with Crippen molar-refractivity contribution in [3.05, 3.63) is 12.4 Å². The smallest absolute Gasteiger partial charge is 0.410 e. The highest BCUT2D eigenvalue weighted by molar-refractivity contribution is 5.67. The summed E-state index contributed by atoms with van der Waals surface area (Å²) in [5.74, 6) is 2.58. The number of anilines is 1. The molecular weight excluding hydrogens is 370 g/mol. The monoisotopic (exact) mass is 405 g/mol. The van der Waals surface area contributed by atoms with Crippen LogP contribution in [0.1, 0.15) is 46.5 Å². The molecule has 0 bridgehead atoms. The third-order valence-corrected chi connectivity index (χ3v) is 5.90. The molecule has 0 saturated carbocycles. The van der Waals surface area contributed by atoms with E-state index < -0.39 is 0 Å². The van der Waals surface area contributed by atoms with Gasteiger partial charge >= 0.3 is 6.09 Å². The second kappa shape index (κ2) is 10.1. The highest BCUT2D eigenvalue weighted by atomic mass is 16.6. The van der Waals surface area contributed by atoms with Gasteiger partial charge < -0.3 is 25.0 Å². The van der Waals surface area contributed by atoms with E-state index in [1.165, 1.54) is 0 Å². The molecule has 2 N–H and O–H groups in total. The lowest BCUT2D eigenvalue weighted by Crippen LogP contribution is -2.41. The van der Waals surface area contributed by atoms with E-state index in [2.05, 4.69) is 21.8 Å². The number of aromatic nitrogens is 2. The molecule has 2 atom stereocenters. The van der Waals surface area contributed by atoms with Crippen molar-refractivity contribution in [3.63, 3.8) is 0 Å². The van der Waals surface area contributed by atoms with E-state index in [1.54, 1.807) is 12.4 Å². The van der Waals surface area contributed by atoms with Crippen LogP contribution in [0.25, 0.3) is 0 Å². The first kappa shape index (κ1) is 21.6. The number of nitrogens with zero attached hydrogens (tertiary/aromatic N) is 4. The van der Waals surface area contributed by atoms with Gasteiger partial charge in [0.1, 0.15) is 0 Å². The molecule has 3 heterocycles. The molecule has 1 aromatic heterocycles. The third kappa shape index (κ3) is 6.19. The van der Waals surface area contributed by atoms with Crippen molar-refractivity contribution >= 4 is 12.0 Å². The fourth-order valence-electron chi connectivity index (χ4n) is 4.04. The summed E-state index contributed by atoms with van der Waals surface area (Å²) < 4.78 is 11.1. The molecule has 8 nitrogen and oxygen atoms in total. The molecule has 0 aromatic carbocycles. The number of piperidine rings is 1. The van der Waals surface area contributed by atoms with E-state index in [0.29, 0.717) is 24.2 Å². The molecule has 0 aliphatic carbocycles. The summed E-state index contributed by atoms with van der Waals surface area (Å²) in [5, 5.41) is 0. The Balaban J connectivity index is 1.36. The van der Waals surface area contributed by atoms with Crippen molar-refractivity contribution in [2.45, 2.75) is 58.6 Å². The van der Waals surface area contributed by atoms with Gasteiger partial charge in [0.15, 0.2) is 5.75 Å². The Morgan fingerprint density at radius 2 is 1.86 bits per heavy atom. The lowest BCUT2D eigenvalue weighted by molar-refractivity contribution is 0.0597. The lowest BCUT2D eigenvalue weighted by atomic mass is 9.84. The number of hydrogen-bond donors (Lipinski definition) is 1. The molecule has 2 aliphatic rings. The van der Waals surface area contributed by atoms with Crippen LogP contribution in [-0.2, 0) is 4.74 Å². The minimum absolute atomic E-state index is 0.0673. The van der Waals surface area contributed by atoms with Crippen LogP contribution in [0.2, 0.25) is 0 Å². The quantitative estimate of drug-likeness (QED) is 0.745. The summed E-state index contributed by atoms with van der Waals surface area (Å²) in [4.78, 5) is 24.8. The molecule has 3 rings (SSSR count). The van der Waals surface area contributed by atoms with Gasteiger partial charge in [-0.3, -0.25) is 0 Å². The average molecular weight is 406 g/mol. The van der Waals surface area contributed by atoms with Gasteiger partial charge in [-0.25, -0.2) is 14.8 Å². The van der Waals surface area contributed by atoms with Crippen LogP contribution in [0.15, 0.2) is 12.4 Å². The van der Waals surface area contributed by atoms with Crippen LogP contribution < -0.4 is 15.4 Å². The molecular formula is C21H35N5O3. The van der Waals surface area contributed by atoms with Crippen molar-refractivity contribution in [1.82, 2.24) is 14.9 Å². The van der Waals surface area contributed by atoms with Gasteiger partial charge in [-0.2, -0.15) is 0 Å². The summed E-state index contributed by atoms with van der Waals surface area (Å²) in [6.07, 6.45) is 7.23. The van der Waals surface area contributed by atoms with E-state index in [-0.39, 0.29) is 18.2 Å². The molecule has 162 valence electrons. The zero-order valence-electron chi connectivity index (χ0n) is 17.9. The van der Waals surface area contributed by atoms with Crippen molar-refractivity contribution in [2.75, 3.05) is 37.7 Å². The molecule has 1 amide bonds. The van der Waals surface area contributed by atoms with Crippen LogP contribution in [0, 0.1) is 11.8 Å². The van der Waals surface area contributed by atoms with Crippen molar-refractivity contribution in [1.29, 1.82) is 0 Å². The first-order valence-corrected chi connectivity index (χ1v) is 10.8. The van der Waals surface area contributed by atoms with Gasteiger partial charge in [-0.15, -0.1) is 0 Å². The number of hydrogen-bond acceptors (Lipinski definition) is 7. The molecule has 2 saturated heterocycles. The summed E-state index contributed by atoms with van der Waals surface area (Å²) >= 11 is 0. The summed E-state index contributed by atoms with van der Waals surface area (Å²) in [7, 11) is 0. The fourth-order valence-corrected chi connectivity index (χ4v) is 4.04. The second-order valence-electron chi connectivity index (χ2n) is 8.58. The summed E-state index contributed by atoms with van der Waals surface area (Å²) in [6, 6.07) is 0.212. The summed E-state index contributed by atoms with van der Waals surface area (Å²) in [5.41, 5.74) is 5.94. The number of nitrogens with two attached hydrogens (primary N) is 1. The van der Waals surface area contributed by atoms with Crippen LogP contribution in [0.4, 0.5) is 10.7 Å². The highest BCUT2D eigenvalue weighted by Gasteiger charge is 2.27. The zero-order valence-corrected chi connectivity index (χ0v) is 17.9. The molecule has 29 heavy (non-hydrogen) atoms. The number of amides is 1. The Kier molecular flexibility index (Phi) is 7.52. The Bertz CT molecular complexity index is 646. The van der Waals surface area contributed by atoms with Crippen molar-refractivity contribution < 1.29 is 14.3 Å². The Labute approximate surface area is 173 Å². The number of likely N-dealkylation sites (tertiary alicyclic amines) is 1. The molecule has 2 fully saturated rings. The minimum atomic E-state index is -0.186. The molecule has 8 heteroatoms. The van der Waals surface area contributed by atoms with E-state index in [9.17, 15) is 4.79 Å². The predicted molar refractivity (Wildman–Crippen MR) is 112 cm³/mol. The number of rotatable bonds is 7. The molecule has 0 spiro atoms. The maximum absolute atomic E-state index is 12.0. The third-order valence-electron chi connectivity index (χ3n) is 5.90. The van der Waals surface area contributed by atoms with Crippen molar-refractivity contribution in [2.24, 2.45) is 17.6 Å². The molecule has 0 unspecified atom stereocenters. The van der Waals surface area contributed by atoms with Crippen LogP contribution in [-0.4, -0.2) is 65.9 Å². The van der Waals surface area contributed by atoms with Gasteiger partial charge in [0, 0.05) is 32.2 Å². The second-order valence-corrected chi connectivity index (χ2v) is 8.58. The van der Waals surface area contributed by atoms with Gasteiger partial charge in [-0.05, 0) is 51.4 Å². The number of carbonyl (C=O) groups is 1. The van der Waals surface area contributed by atoms with E-state index in [0.717, 1.165) is 57.8 Å². The van der Waals surface area contributed by atoms with E-state index >= 15 is 0 Å². The van der Waals surface area contributed by atoms with Gasteiger partial charge in [-0.1, -0.05) is 6.92 Å². The van der Waals surface area contributed by atoms with Gasteiger partial charge in [0.2, 0.25) is 5.95 Å². The molecule has 2 aliphatic heterocycles. The van der Waals surface area contributed by atoms with Crippen LogP contribution >= 0.6 is 0 Å². The number of ether oxygens (including phenoxy) is 2. The zero-order chi connectivity index (χ0) is 20.8. The normalized spacial score (nSPS) is 21.5. The predicted octanol–water partition coefficient (Wildman–Crippen LogP) is 2.68. The fraction of sp³-hybridized carbons (Fsp3) is 0.762. The SMILES string of the molecule is CC(C)OC(=O)N1CCC([C@H](C)CCOc2cnc(N3CC[C@@H](N)C3)nc2)CC1. The largest absolute Gasteiger partial charge is 0.490 e. The highest BCUT2D eigenvalue weighted by Crippen LogP contribution is 2.28. The first-order chi connectivity index (χ1) is 13.9. The topological polar surface area (TPSA) is 93.8 Å².